The predicted molar refractivity (Wildman–Crippen MR) is 79.2 cm³/mol. The molecule has 0 saturated carbocycles. The summed E-state index contributed by atoms with van der Waals surface area (Å²) >= 11 is 0. The van der Waals surface area contributed by atoms with E-state index < -0.39 is 0 Å². The van der Waals surface area contributed by atoms with Gasteiger partial charge in [-0.1, -0.05) is 0 Å². The molecule has 6 heteroatoms. The Hall–Kier alpha value is -2.76. The highest BCUT2D eigenvalue weighted by Gasteiger charge is 2.13. The third kappa shape index (κ3) is 2.05. The summed E-state index contributed by atoms with van der Waals surface area (Å²) in [4.78, 5) is 8.60. The Morgan fingerprint density at radius 1 is 1.10 bits per heavy atom. The summed E-state index contributed by atoms with van der Waals surface area (Å²) in [5.41, 5.74) is 1.80. The lowest BCUT2D eigenvalue weighted by Crippen LogP contribution is -2.15. The molecule has 4 rings (SSSR count). The Morgan fingerprint density at radius 2 is 1.95 bits per heavy atom. The van der Waals surface area contributed by atoms with Gasteiger partial charge in [0.1, 0.15) is 31.0 Å². The van der Waals surface area contributed by atoms with Gasteiger partial charge in [-0.3, -0.25) is 0 Å². The van der Waals surface area contributed by atoms with E-state index in [9.17, 15) is 0 Å². The first-order valence-corrected chi connectivity index (χ1v) is 6.74. The summed E-state index contributed by atoms with van der Waals surface area (Å²) in [5.74, 6) is 2.31. The van der Waals surface area contributed by atoms with Gasteiger partial charge in [0.2, 0.25) is 0 Å². The highest BCUT2D eigenvalue weighted by atomic mass is 16.6. The molecule has 1 aliphatic heterocycles. The number of hydrogen-bond acceptors (Lipinski definition) is 5. The Morgan fingerprint density at radius 3 is 2.86 bits per heavy atom. The van der Waals surface area contributed by atoms with Crippen LogP contribution in [0.4, 0.5) is 11.5 Å². The van der Waals surface area contributed by atoms with Crippen molar-refractivity contribution in [1.29, 1.82) is 0 Å². The van der Waals surface area contributed by atoms with Crippen LogP contribution in [-0.2, 0) is 7.05 Å². The van der Waals surface area contributed by atoms with E-state index in [0.717, 1.165) is 34.0 Å². The summed E-state index contributed by atoms with van der Waals surface area (Å²) in [6.07, 6.45) is 3.52. The second-order valence-corrected chi connectivity index (χ2v) is 4.87. The fourth-order valence-corrected chi connectivity index (χ4v) is 2.44. The average molecular weight is 282 g/mol. The number of fused-ring (bicyclic) bond motifs is 2. The molecule has 0 saturated heterocycles. The van der Waals surface area contributed by atoms with Crippen LogP contribution in [0.5, 0.6) is 11.5 Å². The Kier molecular flexibility index (Phi) is 2.67. The fraction of sp³-hybridized carbons (Fsp3) is 0.200. The predicted octanol–water partition coefficient (Wildman–Crippen LogP) is 2.48. The largest absolute Gasteiger partial charge is 0.486 e. The Balaban J connectivity index is 1.71. The monoisotopic (exact) mass is 282 g/mol. The molecule has 1 N–H and O–H groups in total. The van der Waals surface area contributed by atoms with E-state index in [2.05, 4.69) is 15.3 Å². The van der Waals surface area contributed by atoms with Crippen LogP contribution in [0.25, 0.3) is 11.0 Å². The van der Waals surface area contributed by atoms with Gasteiger partial charge in [0.05, 0.1) is 5.39 Å². The standard InChI is InChI=1S/C15H14N4O2/c1-19-5-4-11-14(16-9-17-15(11)19)18-10-2-3-12-13(8-10)21-7-6-20-12/h2-5,8-9H,6-7H2,1H3,(H,16,17,18). The van der Waals surface area contributed by atoms with Crippen molar-refractivity contribution >= 4 is 22.5 Å². The van der Waals surface area contributed by atoms with Crippen LogP contribution in [-0.4, -0.2) is 27.7 Å². The number of ether oxygens (including phenoxy) is 2. The van der Waals surface area contributed by atoms with E-state index in [-0.39, 0.29) is 0 Å². The summed E-state index contributed by atoms with van der Waals surface area (Å²) in [6, 6.07) is 7.77. The second kappa shape index (κ2) is 4.66. The zero-order valence-corrected chi connectivity index (χ0v) is 11.5. The molecule has 0 fully saturated rings. The lowest BCUT2D eigenvalue weighted by molar-refractivity contribution is 0.171. The fourth-order valence-electron chi connectivity index (χ4n) is 2.44. The topological polar surface area (TPSA) is 61.2 Å². The third-order valence-electron chi connectivity index (χ3n) is 3.47. The van der Waals surface area contributed by atoms with Crippen molar-refractivity contribution in [3.05, 3.63) is 36.8 Å². The maximum atomic E-state index is 5.59. The Bertz CT molecular complexity index is 813. The first-order chi connectivity index (χ1) is 10.3. The molecule has 106 valence electrons. The Labute approximate surface area is 121 Å². The van der Waals surface area contributed by atoms with Crippen molar-refractivity contribution in [3.8, 4) is 11.5 Å². The molecule has 1 aromatic carbocycles. The molecule has 3 heterocycles. The highest BCUT2D eigenvalue weighted by Crippen LogP contribution is 2.34. The van der Waals surface area contributed by atoms with E-state index in [0.29, 0.717) is 13.2 Å². The molecule has 0 amide bonds. The molecule has 0 aliphatic carbocycles. The first-order valence-electron chi connectivity index (χ1n) is 6.74. The number of anilines is 2. The van der Waals surface area contributed by atoms with Gasteiger partial charge >= 0.3 is 0 Å². The summed E-state index contributed by atoms with van der Waals surface area (Å²) < 4.78 is 13.1. The van der Waals surface area contributed by atoms with Crippen LogP contribution >= 0.6 is 0 Å². The van der Waals surface area contributed by atoms with Gasteiger partial charge in [-0.05, 0) is 18.2 Å². The summed E-state index contributed by atoms with van der Waals surface area (Å²) in [5, 5.41) is 4.29. The normalized spacial score (nSPS) is 13.4. The van der Waals surface area contributed by atoms with Gasteiger partial charge < -0.3 is 19.4 Å². The number of aryl methyl sites for hydroxylation is 1. The highest BCUT2D eigenvalue weighted by molar-refractivity contribution is 5.89. The number of nitrogens with one attached hydrogen (secondary N) is 1. The van der Waals surface area contributed by atoms with Gasteiger partial charge in [0.25, 0.3) is 0 Å². The molecule has 6 nitrogen and oxygen atoms in total. The van der Waals surface area contributed by atoms with Crippen molar-refractivity contribution < 1.29 is 9.47 Å². The number of rotatable bonds is 2. The molecule has 3 aromatic rings. The van der Waals surface area contributed by atoms with Crippen LogP contribution < -0.4 is 14.8 Å². The van der Waals surface area contributed by atoms with Crippen LogP contribution in [0.3, 0.4) is 0 Å². The lowest BCUT2D eigenvalue weighted by atomic mass is 10.2. The maximum absolute atomic E-state index is 5.59. The summed E-state index contributed by atoms with van der Waals surface area (Å²) in [7, 11) is 1.96. The molecule has 0 spiro atoms. The van der Waals surface area contributed by atoms with Crippen LogP contribution in [0, 0.1) is 0 Å². The van der Waals surface area contributed by atoms with E-state index in [1.54, 1.807) is 6.33 Å². The first kappa shape index (κ1) is 12.0. The maximum Gasteiger partial charge on any atom is 0.163 e. The van der Waals surface area contributed by atoms with Gasteiger partial charge in [0, 0.05) is 25.0 Å². The number of benzene rings is 1. The molecule has 0 atom stereocenters. The molecule has 2 aromatic heterocycles. The quantitative estimate of drug-likeness (QED) is 0.782. The van der Waals surface area contributed by atoms with Crippen molar-refractivity contribution in [2.24, 2.45) is 7.05 Å². The van der Waals surface area contributed by atoms with Gasteiger partial charge in [0.15, 0.2) is 11.5 Å². The lowest BCUT2D eigenvalue weighted by Gasteiger charge is -2.19. The van der Waals surface area contributed by atoms with Gasteiger partial charge in [-0.15, -0.1) is 0 Å². The molecule has 21 heavy (non-hydrogen) atoms. The minimum atomic E-state index is 0.576. The van der Waals surface area contributed by atoms with Gasteiger partial charge in [-0.2, -0.15) is 0 Å². The minimum Gasteiger partial charge on any atom is -0.486 e. The van der Waals surface area contributed by atoms with E-state index >= 15 is 0 Å². The van der Waals surface area contributed by atoms with Crippen molar-refractivity contribution in [2.45, 2.75) is 0 Å². The van der Waals surface area contributed by atoms with Crippen LogP contribution in [0.2, 0.25) is 0 Å². The molecule has 0 unspecified atom stereocenters. The van der Waals surface area contributed by atoms with Crippen molar-refractivity contribution in [3.63, 3.8) is 0 Å². The van der Waals surface area contributed by atoms with Crippen molar-refractivity contribution in [2.75, 3.05) is 18.5 Å². The number of aromatic nitrogens is 3. The molecule has 0 bridgehead atoms. The molecular weight excluding hydrogens is 268 g/mol. The smallest absolute Gasteiger partial charge is 0.163 e. The number of hydrogen-bond donors (Lipinski definition) is 1. The summed E-state index contributed by atoms with van der Waals surface area (Å²) in [6.45, 7) is 1.17. The molecular formula is C15H14N4O2. The van der Waals surface area contributed by atoms with E-state index in [1.807, 2.05) is 42.1 Å². The van der Waals surface area contributed by atoms with E-state index in [4.69, 9.17) is 9.47 Å². The second-order valence-electron chi connectivity index (χ2n) is 4.87. The van der Waals surface area contributed by atoms with Crippen LogP contribution in [0.1, 0.15) is 0 Å². The zero-order valence-electron chi connectivity index (χ0n) is 11.5. The average Bonchev–Trinajstić information content (AvgIpc) is 2.90. The minimum absolute atomic E-state index is 0.576. The molecule has 1 aliphatic rings. The zero-order chi connectivity index (χ0) is 14.2. The van der Waals surface area contributed by atoms with Crippen molar-refractivity contribution in [1.82, 2.24) is 14.5 Å². The number of nitrogens with zero attached hydrogens (tertiary/aromatic N) is 3. The molecule has 0 radical (unpaired) electrons. The van der Waals surface area contributed by atoms with Crippen LogP contribution in [0.15, 0.2) is 36.8 Å². The third-order valence-corrected chi connectivity index (χ3v) is 3.47. The van der Waals surface area contributed by atoms with E-state index in [1.165, 1.54) is 0 Å². The SMILES string of the molecule is Cn1ccc2c(Nc3ccc4c(c3)OCCO4)ncnc21. The van der Waals surface area contributed by atoms with Gasteiger partial charge in [-0.25, -0.2) is 9.97 Å².